The van der Waals surface area contributed by atoms with E-state index in [9.17, 15) is 14.4 Å². The molecule has 2 heterocycles. The van der Waals surface area contributed by atoms with E-state index in [2.05, 4.69) is 9.95 Å². The first-order chi connectivity index (χ1) is 7.85. The molecule has 2 aliphatic heterocycles. The Kier molecular flexibility index (Phi) is 2.43. The number of carbonyl (C=O) groups is 3. The number of nitrogens with zero attached hydrogens (tertiary/aromatic N) is 5. The van der Waals surface area contributed by atoms with E-state index in [1.54, 1.807) is 0 Å². The van der Waals surface area contributed by atoms with Gasteiger partial charge in [0.25, 0.3) is 5.12 Å². The van der Waals surface area contributed by atoms with Gasteiger partial charge in [-0.15, -0.1) is 4.95 Å². The largest absolute Gasteiger partial charge is 0.413 e. The minimum absolute atomic E-state index is 0.0930. The highest BCUT2D eigenvalue weighted by atomic mass is 35.5. The van der Waals surface area contributed by atoms with Crippen molar-refractivity contribution in [3.05, 3.63) is 11.5 Å². The van der Waals surface area contributed by atoms with E-state index >= 15 is 0 Å². The van der Waals surface area contributed by atoms with Crippen molar-refractivity contribution in [1.82, 2.24) is 13.8 Å². The smallest absolute Gasteiger partial charge is 0.260 e. The third-order valence-electron chi connectivity index (χ3n) is 2.04. The minimum atomic E-state index is -2.21. The first-order valence-electron chi connectivity index (χ1n) is 3.85. The number of carbonyl (C=O) groups excluding carboxylic acids is 3. The Morgan fingerprint density at radius 2 is 1.82 bits per heavy atom. The molecule has 17 heavy (non-hydrogen) atoms. The Morgan fingerprint density at radius 1 is 1.24 bits per heavy atom. The highest BCUT2D eigenvalue weighted by Crippen LogP contribution is 2.40. The fourth-order valence-corrected chi connectivity index (χ4v) is 2.00. The molecular formula is C6Cl3N5O3. The van der Waals surface area contributed by atoms with Crippen molar-refractivity contribution in [1.29, 1.82) is 0 Å². The second-order valence-electron chi connectivity index (χ2n) is 2.89. The van der Waals surface area contributed by atoms with Crippen LogP contribution in [-0.4, -0.2) is 42.6 Å². The lowest BCUT2D eigenvalue weighted by Gasteiger charge is -2.36. The summed E-state index contributed by atoms with van der Waals surface area (Å²) >= 11 is 16.9. The van der Waals surface area contributed by atoms with Gasteiger partial charge in [0, 0.05) is 23.6 Å². The number of alkyl halides is 1. The van der Waals surface area contributed by atoms with Crippen LogP contribution in [0.4, 0.5) is 9.59 Å². The summed E-state index contributed by atoms with van der Waals surface area (Å²) < 4.78 is 0.554. The van der Waals surface area contributed by atoms with Gasteiger partial charge < -0.3 is 0 Å². The van der Waals surface area contributed by atoms with Gasteiger partial charge in [0.2, 0.25) is 0 Å². The Balaban J connectivity index is 2.62. The number of amides is 5. The molecule has 1 fully saturated rings. The van der Waals surface area contributed by atoms with Gasteiger partial charge in [-0.1, -0.05) is 11.6 Å². The van der Waals surface area contributed by atoms with Crippen LogP contribution in [0.5, 0.6) is 0 Å². The van der Waals surface area contributed by atoms with Gasteiger partial charge in [-0.25, -0.2) is 9.59 Å². The molecule has 5 amide bonds. The molecule has 1 unspecified atom stereocenters. The van der Waals surface area contributed by atoms with Crippen LogP contribution in [-0.2, 0) is 4.79 Å². The number of hydrogen-bond acceptors (Lipinski definition) is 3. The molecule has 0 aromatic heterocycles. The SMILES string of the molecule is [C-]#[N+]N1C(=O)C2=NC(=O)N(Cl)C2(Cl)N(Cl)C1=O. The Labute approximate surface area is 109 Å². The monoisotopic (exact) mass is 295 g/mol. The number of urea groups is 2. The maximum absolute atomic E-state index is 11.6. The average Bonchev–Trinajstić information content (AvgIpc) is 2.53. The molecule has 0 spiro atoms. The first-order valence-corrected chi connectivity index (χ1v) is 4.91. The molecule has 0 aromatic carbocycles. The molecule has 0 bridgehead atoms. The lowest BCUT2D eigenvalue weighted by atomic mass is 10.2. The van der Waals surface area contributed by atoms with Crippen LogP contribution < -0.4 is 0 Å². The van der Waals surface area contributed by atoms with Crippen LogP contribution in [0.15, 0.2) is 4.99 Å². The van der Waals surface area contributed by atoms with E-state index in [-0.39, 0.29) is 9.43 Å². The summed E-state index contributed by atoms with van der Waals surface area (Å²) in [5.74, 6) is -1.15. The molecule has 1 saturated heterocycles. The standard InChI is InChI=1S/C6Cl3N5O3/c1-10-12-3(15)2-6(7,14(9)5(12)17)13(8)4(16)11-2. The molecule has 0 aromatic rings. The molecule has 2 aliphatic rings. The van der Waals surface area contributed by atoms with E-state index < -0.39 is 28.8 Å². The number of imide groups is 1. The minimum Gasteiger partial charge on any atom is -0.260 e. The molecule has 0 aliphatic carbocycles. The number of halogens is 3. The summed E-state index contributed by atoms with van der Waals surface area (Å²) in [6.07, 6.45) is 0. The van der Waals surface area contributed by atoms with Crippen LogP contribution in [0, 0.1) is 6.57 Å². The van der Waals surface area contributed by atoms with Crippen LogP contribution in [0.3, 0.4) is 0 Å². The van der Waals surface area contributed by atoms with Crippen molar-refractivity contribution in [2.45, 2.75) is 5.12 Å². The predicted octanol–water partition coefficient (Wildman–Crippen LogP) is 1.16. The van der Waals surface area contributed by atoms with Gasteiger partial charge in [-0.05, 0) is 0 Å². The van der Waals surface area contributed by atoms with Gasteiger partial charge in [0.15, 0.2) is 5.71 Å². The lowest BCUT2D eigenvalue weighted by molar-refractivity contribution is -0.121. The van der Waals surface area contributed by atoms with E-state index in [1.165, 1.54) is 0 Å². The van der Waals surface area contributed by atoms with Gasteiger partial charge in [-0.2, -0.15) is 20.4 Å². The zero-order valence-electron chi connectivity index (χ0n) is 7.59. The van der Waals surface area contributed by atoms with Crippen LogP contribution in [0.25, 0.3) is 4.95 Å². The topological polar surface area (TPSA) is 77.7 Å². The lowest BCUT2D eigenvalue weighted by Crippen LogP contribution is -2.65. The third-order valence-corrected chi connectivity index (χ3v) is 3.51. The summed E-state index contributed by atoms with van der Waals surface area (Å²) in [6, 6.07) is -2.28. The van der Waals surface area contributed by atoms with Gasteiger partial charge in [-0.3, -0.25) is 4.79 Å². The number of rotatable bonds is 0. The van der Waals surface area contributed by atoms with Crippen LogP contribution in [0.2, 0.25) is 0 Å². The quantitative estimate of drug-likeness (QED) is 0.291. The first kappa shape index (κ1) is 11.9. The highest BCUT2D eigenvalue weighted by Gasteiger charge is 2.65. The van der Waals surface area contributed by atoms with Gasteiger partial charge in [0.05, 0.1) is 5.01 Å². The molecule has 8 nitrogen and oxygen atoms in total. The zero-order chi connectivity index (χ0) is 13.0. The van der Waals surface area contributed by atoms with Gasteiger partial charge in [0.1, 0.15) is 0 Å². The third kappa shape index (κ3) is 1.24. The zero-order valence-corrected chi connectivity index (χ0v) is 9.86. The van der Waals surface area contributed by atoms with Crippen LogP contribution >= 0.6 is 35.2 Å². The van der Waals surface area contributed by atoms with Crippen molar-refractivity contribution in [2.75, 3.05) is 0 Å². The van der Waals surface area contributed by atoms with Gasteiger partial charge >= 0.3 is 18.0 Å². The summed E-state index contributed by atoms with van der Waals surface area (Å²) in [5, 5.41) is -2.12. The average molecular weight is 296 g/mol. The van der Waals surface area contributed by atoms with Crippen molar-refractivity contribution in [3.8, 4) is 0 Å². The van der Waals surface area contributed by atoms with Crippen molar-refractivity contribution >= 4 is 58.8 Å². The van der Waals surface area contributed by atoms with Crippen molar-refractivity contribution < 1.29 is 14.4 Å². The Morgan fingerprint density at radius 3 is 2.35 bits per heavy atom. The molecule has 11 heteroatoms. The number of hydrogen-bond donors (Lipinski definition) is 0. The second kappa shape index (κ2) is 3.46. The summed E-state index contributed by atoms with van der Waals surface area (Å²) in [4.78, 5) is 40.3. The molecule has 1 atom stereocenters. The molecule has 0 radical (unpaired) electrons. The summed E-state index contributed by atoms with van der Waals surface area (Å²) in [6.45, 7) is 6.66. The number of aliphatic imine (C=N–C) groups is 1. The van der Waals surface area contributed by atoms with Crippen molar-refractivity contribution in [3.63, 3.8) is 0 Å². The van der Waals surface area contributed by atoms with Crippen molar-refractivity contribution in [2.24, 2.45) is 4.99 Å². The molecule has 2 rings (SSSR count). The maximum atomic E-state index is 11.6. The van der Waals surface area contributed by atoms with E-state index in [4.69, 9.17) is 41.7 Å². The maximum Gasteiger partial charge on any atom is 0.413 e. The summed E-state index contributed by atoms with van der Waals surface area (Å²) in [5.41, 5.74) is -0.607. The predicted molar refractivity (Wildman–Crippen MR) is 55.6 cm³/mol. The van der Waals surface area contributed by atoms with E-state index in [1.807, 2.05) is 0 Å². The Hall–Kier alpha value is -1.56. The molecule has 88 valence electrons. The Bertz CT molecular complexity index is 527. The fourth-order valence-electron chi connectivity index (χ4n) is 1.27. The van der Waals surface area contributed by atoms with E-state index in [0.717, 1.165) is 0 Å². The molecular weight excluding hydrogens is 296 g/mol. The number of fused-ring (bicyclic) bond motifs is 1. The normalized spacial score (nSPS) is 28.2. The van der Waals surface area contributed by atoms with E-state index in [0.29, 0.717) is 4.42 Å². The fraction of sp³-hybridized carbons (Fsp3) is 0.167. The van der Waals surface area contributed by atoms with Crippen LogP contribution in [0.1, 0.15) is 0 Å². The summed E-state index contributed by atoms with van der Waals surface area (Å²) in [7, 11) is 0. The molecule has 0 saturated carbocycles. The molecule has 0 N–H and O–H groups in total. The highest BCUT2D eigenvalue weighted by molar-refractivity contribution is 6.62. The second-order valence-corrected chi connectivity index (χ2v) is 4.09.